The minimum atomic E-state index is 0.193. The van der Waals surface area contributed by atoms with Gasteiger partial charge in [-0.3, -0.25) is 0 Å². The van der Waals surface area contributed by atoms with Crippen molar-refractivity contribution in [1.82, 2.24) is 9.97 Å². The second-order valence-electron chi connectivity index (χ2n) is 4.50. The lowest BCUT2D eigenvalue weighted by atomic mass is 10.1. The van der Waals surface area contributed by atoms with Gasteiger partial charge in [0.15, 0.2) is 0 Å². The fourth-order valence-corrected chi connectivity index (χ4v) is 1.71. The van der Waals surface area contributed by atoms with Crippen LogP contribution >= 0.6 is 0 Å². The molecule has 1 aliphatic carbocycles. The third-order valence-electron chi connectivity index (χ3n) is 2.89. The molecule has 0 aromatic carbocycles. The summed E-state index contributed by atoms with van der Waals surface area (Å²) in [7, 11) is 0. The molecule has 1 aliphatic rings. The molecule has 3 nitrogen and oxygen atoms in total. The summed E-state index contributed by atoms with van der Waals surface area (Å²) in [5, 5.41) is 0. The number of nitrogens with zero attached hydrogens (tertiary/aromatic N) is 2. The number of hydrogen-bond donors (Lipinski definition) is 1. The summed E-state index contributed by atoms with van der Waals surface area (Å²) >= 11 is 0. The Balaban J connectivity index is 2.15. The van der Waals surface area contributed by atoms with Gasteiger partial charge in [0.2, 0.25) is 0 Å². The predicted molar refractivity (Wildman–Crippen MR) is 60.7 cm³/mol. The highest BCUT2D eigenvalue weighted by atomic mass is 14.9. The molecule has 3 heteroatoms. The average Bonchev–Trinajstić information content (AvgIpc) is 2.99. The van der Waals surface area contributed by atoms with Crippen molar-refractivity contribution in [3.63, 3.8) is 0 Å². The average molecular weight is 205 g/mol. The third-order valence-corrected chi connectivity index (χ3v) is 2.89. The molecule has 0 radical (unpaired) electrons. The monoisotopic (exact) mass is 205 g/mol. The van der Waals surface area contributed by atoms with E-state index in [1.54, 1.807) is 0 Å². The van der Waals surface area contributed by atoms with Crippen molar-refractivity contribution >= 4 is 0 Å². The van der Waals surface area contributed by atoms with Gasteiger partial charge in [-0.2, -0.15) is 0 Å². The zero-order chi connectivity index (χ0) is 10.8. The first-order chi connectivity index (χ1) is 7.19. The summed E-state index contributed by atoms with van der Waals surface area (Å²) in [6.07, 6.45) is 4.36. The highest BCUT2D eigenvalue weighted by molar-refractivity contribution is 5.18. The van der Waals surface area contributed by atoms with E-state index >= 15 is 0 Å². The summed E-state index contributed by atoms with van der Waals surface area (Å²) in [5.41, 5.74) is 8.21. The summed E-state index contributed by atoms with van der Waals surface area (Å²) in [6.45, 7) is 4.14. The second-order valence-corrected chi connectivity index (χ2v) is 4.50. The van der Waals surface area contributed by atoms with Crippen molar-refractivity contribution in [1.29, 1.82) is 0 Å². The molecule has 0 amide bonds. The van der Waals surface area contributed by atoms with Gasteiger partial charge < -0.3 is 5.73 Å². The zero-order valence-corrected chi connectivity index (χ0v) is 9.53. The van der Waals surface area contributed by atoms with E-state index in [0.29, 0.717) is 5.92 Å². The van der Waals surface area contributed by atoms with Crippen LogP contribution in [0.15, 0.2) is 6.07 Å². The quantitative estimate of drug-likeness (QED) is 0.817. The molecule has 1 heterocycles. The Morgan fingerprint density at radius 3 is 2.80 bits per heavy atom. The predicted octanol–water partition coefficient (Wildman–Crippen LogP) is 1.94. The normalized spacial score (nSPS) is 17.8. The topological polar surface area (TPSA) is 51.8 Å². The third kappa shape index (κ3) is 2.75. The summed E-state index contributed by atoms with van der Waals surface area (Å²) in [4.78, 5) is 9.03. The fraction of sp³-hybridized carbons (Fsp3) is 0.667. The van der Waals surface area contributed by atoms with Crippen LogP contribution in [0.2, 0.25) is 0 Å². The Kier molecular flexibility index (Phi) is 3.00. The van der Waals surface area contributed by atoms with Crippen LogP contribution in [0.4, 0.5) is 0 Å². The first-order valence-electron chi connectivity index (χ1n) is 5.79. The molecule has 82 valence electrons. The van der Waals surface area contributed by atoms with E-state index in [1.807, 2.05) is 6.92 Å². The minimum absolute atomic E-state index is 0.193. The SMILES string of the molecule is CCC(N)Cc1nc(C)cc(C2CC2)n1. The maximum atomic E-state index is 5.92. The van der Waals surface area contributed by atoms with E-state index in [1.165, 1.54) is 18.5 Å². The Hall–Kier alpha value is -0.960. The fourth-order valence-electron chi connectivity index (χ4n) is 1.71. The summed E-state index contributed by atoms with van der Waals surface area (Å²) in [5.74, 6) is 1.62. The first kappa shape index (κ1) is 10.6. The Morgan fingerprint density at radius 2 is 2.20 bits per heavy atom. The number of aryl methyl sites for hydroxylation is 1. The van der Waals surface area contributed by atoms with Gasteiger partial charge in [-0.25, -0.2) is 9.97 Å². The zero-order valence-electron chi connectivity index (χ0n) is 9.53. The molecule has 1 unspecified atom stereocenters. The second kappa shape index (κ2) is 4.27. The molecule has 0 bridgehead atoms. The van der Waals surface area contributed by atoms with E-state index in [4.69, 9.17) is 5.73 Å². The van der Waals surface area contributed by atoms with Crippen molar-refractivity contribution < 1.29 is 0 Å². The molecule has 2 rings (SSSR count). The molecule has 0 aliphatic heterocycles. The van der Waals surface area contributed by atoms with Crippen molar-refractivity contribution in [3.05, 3.63) is 23.3 Å². The van der Waals surface area contributed by atoms with E-state index in [0.717, 1.165) is 24.4 Å². The summed E-state index contributed by atoms with van der Waals surface area (Å²) < 4.78 is 0. The Morgan fingerprint density at radius 1 is 1.47 bits per heavy atom. The molecule has 1 saturated carbocycles. The minimum Gasteiger partial charge on any atom is -0.327 e. The van der Waals surface area contributed by atoms with Gasteiger partial charge in [-0.1, -0.05) is 6.92 Å². The molecule has 1 aromatic heterocycles. The van der Waals surface area contributed by atoms with Crippen LogP contribution in [0.5, 0.6) is 0 Å². The van der Waals surface area contributed by atoms with Gasteiger partial charge in [-0.15, -0.1) is 0 Å². The van der Waals surface area contributed by atoms with Crippen LogP contribution in [0.3, 0.4) is 0 Å². The maximum absolute atomic E-state index is 5.92. The molecule has 0 saturated heterocycles. The maximum Gasteiger partial charge on any atom is 0.130 e. The van der Waals surface area contributed by atoms with Gasteiger partial charge in [0.1, 0.15) is 5.82 Å². The molecular weight excluding hydrogens is 186 g/mol. The van der Waals surface area contributed by atoms with Gasteiger partial charge >= 0.3 is 0 Å². The molecule has 0 spiro atoms. The van der Waals surface area contributed by atoms with Crippen molar-refractivity contribution in [3.8, 4) is 0 Å². The Labute approximate surface area is 91.1 Å². The van der Waals surface area contributed by atoms with E-state index in [2.05, 4.69) is 23.0 Å². The van der Waals surface area contributed by atoms with Gasteiger partial charge in [0, 0.05) is 29.8 Å². The lowest BCUT2D eigenvalue weighted by Crippen LogP contribution is -2.23. The van der Waals surface area contributed by atoms with Crippen LogP contribution in [0.1, 0.15) is 49.3 Å². The van der Waals surface area contributed by atoms with E-state index < -0.39 is 0 Å². The largest absolute Gasteiger partial charge is 0.327 e. The molecule has 1 atom stereocenters. The van der Waals surface area contributed by atoms with Crippen LogP contribution in [-0.2, 0) is 6.42 Å². The molecular formula is C12H19N3. The van der Waals surface area contributed by atoms with Crippen LogP contribution in [0.25, 0.3) is 0 Å². The molecule has 1 fully saturated rings. The van der Waals surface area contributed by atoms with Crippen LogP contribution in [-0.4, -0.2) is 16.0 Å². The lowest BCUT2D eigenvalue weighted by Gasteiger charge is -2.09. The lowest BCUT2D eigenvalue weighted by molar-refractivity contribution is 0.620. The standard InChI is InChI=1S/C12H19N3/c1-3-10(13)7-12-14-8(2)6-11(15-12)9-4-5-9/h6,9-10H,3-5,7,13H2,1-2H3. The highest BCUT2D eigenvalue weighted by Gasteiger charge is 2.25. The Bertz CT molecular complexity index is 345. The van der Waals surface area contributed by atoms with Gasteiger partial charge in [0.25, 0.3) is 0 Å². The van der Waals surface area contributed by atoms with E-state index in [-0.39, 0.29) is 6.04 Å². The highest BCUT2D eigenvalue weighted by Crippen LogP contribution is 2.39. The smallest absolute Gasteiger partial charge is 0.130 e. The molecule has 15 heavy (non-hydrogen) atoms. The summed E-state index contributed by atoms with van der Waals surface area (Å²) in [6, 6.07) is 2.30. The first-order valence-corrected chi connectivity index (χ1v) is 5.79. The van der Waals surface area contributed by atoms with Gasteiger partial charge in [-0.05, 0) is 32.3 Å². The number of rotatable bonds is 4. The number of hydrogen-bond acceptors (Lipinski definition) is 3. The molecule has 1 aromatic rings. The van der Waals surface area contributed by atoms with Crippen molar-refractivity contribution in [2.45, 2.75) is 51.5 Å². The van der Waals surface area contributed by atoms with E-state index in [9.17, 15) is 0 Å². The number of nitrogens with two attached hydrogens (primary N) is 1. The van der Waals surface area contributed by atoms with Crippen molar-refractivity contribution in [2.24, 2.45) is 5.73 Å². The van der Waals surface area contributed by atoms with Crippen molar-refractivity contribution in [2.75, 3.05) is 0 Å². The molecule has 2 N–H and O–H groups in total. The van der Waals surface area contributed by atoms with Gasteiger partial charge in [0.05, 0.1) is 0 Å². The van der Waals surface area contributed by atoms with Crippen LogP contribution in [0, 0.1) is 6.92 Å². The number of aromatic nitrogens is 2. The van der Waals surface area contributed by atoms with Crippen LogP contribution < -0.4 is 5.73 Å².